The minimum Gasteiger partial charge on any atom is -0.478 e. The molecular formula is C21H17ClN2O3. The lowest BCUT2D eigenvalue weighted by atomic mass is 10.1. The molecule has 0 saturated carbocycles. The van der Waals surface area contributed by atoms with Gasteiger partial charge in [0.05, 0.1) is 5.56 Å². The summed E-state index contributed by atoms with van der Waals surface area (Å²) in [5.41, 5.74) is 2.32. The second-order valence-electron chi connectivity index (χ2n) is 6.04. The Morgan fingerprint density at radius 1 is 1.19 bits per heavy atom. The van der Waals surface area contributed by atoms with Gasteiger partial charge in [-0.15, -0.1) is 0 Å². The predicted molar refractivity (Wildman–Crippen MR) is 104 cm³/mol. The van der Waals surface area contributed by atoms with Gasteiger partial charge in [0.1, 0.15) is 0 Å². The Labute approximate surface area is 161 Å². The number of carboxylic acids is 1. The molecule has 5 nitrogen and oxygen atoms in total. The Bertz CT molecular complexity index is 1020. The van der Waals surface area contributed by atoms with Crippen LogP contribution in [-0.2, 0) is 6.54 Å². The van der Waals surface area contributed by atoms with Crippen molar-refractivity contribution in [2.45, 2.75) is 13.5 Å². The van der Waals surface area contributed by atoms with Crippen LogP contribution in [-0.4, -0.2) is 26.4 Å². The fourth-order valence-electron chi connectivity index (χ4n) is 2.65. The summed E-state index contributed by atoms with van der Waals surface area (Å²) in [6.45, 7) is 2.34. The Morgan fingerprint density at radius 3 is 2.63 bits per heavy atom. The number of allylic oxidation sites excluding steroid dienone is 1. The molecule has 6 heteroatoms. The minimum absolute atomic E-state index is 0.125. The van der Waals surface area contributed by atoms with Crippen molar-refractivity contribution in [3.8, 4) is 0 Å². The molecule has 2 aromatic carbocycles. The molecule has 0 amide bonds. The Hall–Kier alpha value is -3.18. The van der Waals surface area contributed by atoms with Gasteiger partial charge < -0.3 is 9.67 Å². The van der Waals surface area contributed by atoms with Crippen molar-refractivity contribution in [3.63, 3.8) is 0 Å². The number of aromatic nitrogens is 2. The van der Waals surface area contributed by atoms with E-state index in [0.29, 0.717) is 28.5 Å². The molecule has 0 radical (unpaired) electrons. The molecule has 1 N–H and O–H groups in total. The second-order valence-corrected chi connectivity index (χ2v) is 6.47. The van der Waals surface area contributed by atoms with Crippen LogP contribution in [0.15, 0.2) is 60.9 Å². The highest BCUT2D eigenvalue weighted by Crippen LogP contribution is 2.18. The first-order chi connectivity index (χ1) is 13.0. The third kappa shape index (κ3) is 4.33. The first-order valence-electron chi connectivity index (χ1n) is 8.27. The second kappa shape index (κ2) is 8.01. The number of carbonyl (C=O) groups is 2. The van der Waals surface area contributed by atoms with Gasteiger partial charge in [0.25, 0.3) is 0 Å². The van der Waals surface area contributed by atoms with Crippen LogP contribution < -0.4 is 0 Å². The number of nitrogens with zero attached hydrogens (tertiary/aromatic N) is 2. The molecule has 0 unspecified atom stereocenters. The van der Waals surface area contributed by atoms with E-state index in [1.807, 2.05) is 19.1 Å². The van der Waals surface area contributed by atoms with Crippen molar-refractivity contribution in [2.24, 2.45) is 0 Å². The van der Waals surface area contributed by atoms with Crippen molar-refractivity contribution in [1.82, 2.24) is 9.55 Å². The van der Waals surface area contributed by atoms with E-state index < -0.39 is 5.97 Å². The summed E-state index contributed by atoms with van der Waals surface area (Å²) in [6, 6.07) is 12.0. The highest BCUT2D eigenvalue weighted by molar-refractivity contribution is 6.31. The number of imidazole rings is 1. The lowest BCUT2D eigenvalue weighted by Gasteiger charge is -2.05. The number of aryl methyl sites for hydroxylation is 1. The van der Waals surface area contributed by atoms with Gasteiger partial charge in [0.15, 0.2) is 5.82 Å². The van der Waals surface area contributed by atoms with Crippen molar-refractivity contribution >= 4 is 29.4 Å². The van der Waals surface area contributed by atoms with Crippen molar-refractivity contribution in [3.05, 3.63) is 94.0 Å². The van der Waals surface area contributed by atoms with Crippen LogP contribution in [0.4, 0.5) is 0 Å². The molecule has 0 aliphatic heterocycles. The molecule has 1 heterocycles. The maximum Gasteiger partial charge on any atom is 0.336 e. The number of aromatic carboxylic acids is 1. The van der Waals surface area contributed by atoms with Crippen LogP contribution in [0.3, 0.4) is 0 Å². The molecule has 0 aliphatic carbocycles. The summed E-state index contributed by atoms with van der Waals surface area (Å²) in [5.74, 6) is -0.876. The van der Waals surface area contributed by atoms with Crippen LogP contribution >= 0.6 is 11.6 Å². The summed E-state index contributed by atoms with van der Waals surface area (Å²) in [6.07, 6.45) is 6.76. The lowest BCUT2D eigenvalue weighted by molar-refractivity contribution is 0.0696. The van der Waals surface area contributed by atoms with Crippen molar-refractivity contribution < 1.29 is 14.7 Å². The van der Waals surface area contributed by atoms with E-state index in [1.54, 1.807) is 53.4 Å². The van der Waals surface area contributed by atoms with Crippen LogP contribution in [0, 0.1) is 6.92 Å². The molecule has 0 atom stereocenters. The number of carboxylic acid groups (broad SMARTS) is 1. The Balaban J connectivity index is 1.80. The third-order valence-electron chi connectivity index (χ3n) is 4.08. The molecule has 0 fully saturated rings. The largest absolute Gasteiger partial charge is 0.478 e. The lowest BCUT2D eigenvalue weighted by Crippen LogP contribution is -2.10. The van der Waals surface area contributed by atoms with Crippen molar-refractivity contribution in [1.29, 1.82) is 0 Å². The SMILES string of the molecule is Cc1ccc(C(=O)c2nccn2C/C=C/c2ccc(Cl)cc2C(=O)O)cc1. The molecule has 27 heavy (non-hydrogen) atoms. The molecule has 136 valence electrons. The fourth-order valence-corrected chi connectivity index (χ4v) is 2.82. The zero-order chi connectivity index (χ0) is 19.4. The first-order valence-corrected chi connectivity index (χ1v) is 8.65. The summed E-state index contributed by atoms with van der Waals surface area (Å²) in [5, 5.41) is 9.65. The van der Waals surface area contributed by atoms with Gasteiger partial charge in [-0.3, -0.25) is 4.79 Å². The zero-order valence-electron chi connectivity index (χ0n) is 14.6. The number of benzene rings is 2. The maximum absolute atomic E-state index is 12.7. The van der Waals surface area contributed by atoms with Gasteiger partial charge >= 0.3 is 5.97 Å². The summed E-state index contributed by atoms with van der Waals surface area (Å²) in [7, 11) is 0. The van der Waals surface area contributed by atoms with E-state index >= 15 is 0 Å². The van der Waals surface area contributed by atoms with E-state index in [4.69, 9.17) is 11.6 Å². The topological polar surface area (TPSA) is 72.2 Å². The van der Waals surface area contributed by atoms with Crippen LogP contribution in [0.5, 0.6) is 0 Å². The van der Waals surface area contributed by atoms with Gasteiger partial charge in [-0.05, 0) is 24.6 Å². The quantitative estimate of drug-likeness (QED) is 0.639. The van der Waals surface area contributed by atoms with E-state index in [9.17, 15) is 14.7 Å². The molecule has 1 aromatic heterocycles. The highest BCUT2D eigenvalue weighted by atomic mass is 35.5. The molecular weight excluding hydrogens is 364 g/mol. The van der Waals surface area contributed by atoms with Gasteiger partial charge in [0.2, 0.25) is 5.78 Å². The first kappa shape index (κ1) is 18.6. The zero-order valence-corrected chi connectivity index (χ0v) is 15.3. The smallest absolute Gasteiger partial charge is 0.336 e. The number of ketones is 1. The maximum atomic E-state index is 12.7. The summed E-state index contributed by atoms with van der Waals surface area (Å²) < 4.78 is 1.72. The molecule has 0 spiro atoms. The summed E-state index contributed by atoms with van der Waals surface area (Å²) >= 11 is 5.86. The Morgan fingerprint density at radius 2 is 1.93 bits per heavy atom. The monoisotopic (exact) mass is 380 g/mol. The minimum atomic E-state index is -1.05. The molecule has 0 saturated heterocycles. The number of hydrogen-bond donors (Lipinski definition) is 1. The Kier molecular flexibility index (Phi) is 5.52. The molecule has 3 rings (SSSR count). The average molecular weight is 381 g/mol. The van der Waals surface area contributed by atoms with Crippen LogP contribution in [0.1, 0.15) is 37.7 Å². The van der Waals surface area contributed by atoms with Crippen molar-refractivity contribution in [2.75, 3.05) is 0 Å². The van der Waals surface area contributed by atoms with Crippen LogP contribution in [0.25, 0.3) is 6.08 Å². The van der Waals surface area contributed by atoms with Gasteiger partial charge in [-0.25, -0.2) is 9.78 Å². The number of hydrogen-bond acceptors (Lipinski definition) is 3. The predicted octanol–water partition coefficient (Wildman–Crippen LogP) is 4.49. The number of halogens is 1. The molecule has 0 aliphatic rings. The number of carbonyl (C=O) groups excluding carboxylic acids is 1. The summed E-state index contributed by atoms with van der Waals surface area (Å²) in [4.78, 5) is 28.2. The molecule has 0 bridgehead atoms. The fraction of sp³-hybridized carbons (Fsp3) is 0.0952. The van der Waals surface area contributed by atoms with E-state index in [-0.39, 0.29) is 11.3 Å². The van der Waals surface area contributed by atoms with Gasteiger partial charge in [-0.1, -0.05) is 59.6 Å². The normalized spacial score (nSPS) is 11.0. The van der Waals surface area contributed by atoms with E-state index in [0.717, 1.165) is 5.56 Å². The number of rotatable bonds is 6. The third-order valence-corrected chi connectivity index (χ3v) is 4.31. The standard InChI is InChI=1S/C21H17ClN2O3/c1-14-4-6-16(7-5-14)19(25)20-23-10-12-24(20)11-2-3-15-8-9-17(22)13-18(15)21(26)27/h2-10,12-13H,11H2,1H3,(H,26,27)/b3-2+. The van der Waals surface area contributed by atoms with Gasteiger partial charge in [-0.2, -0.15) is 0 Å². The average Bonchev–Trinajstić information content (AvgIpc) is 3.11. The van der Waals surface area contributed by atoms with Gasteiger partial charge in [0, 0.05) is 29.5 Å². The highest BCUT2D eigenvalue weighted by Gasteiger charge is 2.14. The van der Waals surface area contributed by atoms with Crippen LogP contribution in [0.2, 0.25) is 5.02 Å². The van der Waals surface area contributed by atoms with E-state index in [1.165, 1.54) is 6.07 Å². The molecule has 3 aromatic rings. The van der Waals surface area contributed by atoms with E-state index in [2.05, 4.69) is 4.98 Å².